The normalized spacial score (nSPS) is 22.6. The predicted octanol–water partition coefficient (Wildman–Crippen LogP) is 6.72. The Labute approximate surface area is 259 Å². The summed E-state index contributed by atoms with van der Waals surface area (Å²) in [6, 6.07) is 10.1. The molecule has 1 amide bonds. The van der Waals surface area contributed by atoms with Gasteiger partial charge in [0.15, 0.2) is 11.5 Å². The first-order chi connectivity index (χ1) is 21.3. The van der Waals surface area contributed by atoms with Crippen LogP contribution in [0.1, 0.15) is 75.8 Å². The number of hydrogen-bond acceptors (Lipinski definition) is 6. The highest BCUT2D eigenvalue weighted by Gasteiger charge is 2.47. The van der Waals surface area contributed by atoms with Gasteiger partial charge < -0.3 is 19.5 Å². The van der Waals surface area contributed by atoms with E-state index in [4.69, 9.17) is 9.47 Å². The Kier molecular flexibility index (Phi) is 10.4. The number of aliphatic imine (C=N–C) groups is 1. The molecule has 1 N–H and O–H groups in total. The van der Waals surface area contributed by atoms with Gasteiger partial charge in [-0.2, -0.15) is 0 Å². The first-order valence-electron chi connectivity index (χ1n) is 15.9. The van der Waals surface area contributed by atoms with Crippen LogP contribution in [0.2, 0.25) is 0 Å². The van der Waals surface area contributed by atoms with E-state index in [-0.39, 0.29) is 49.0 Å². The highest BCUT2D eigenvalue weighted by Crippen LogP contribution is 2.43. The Bertz CT molecular complexity index is 1390. The Hall–Kier alpha value is -3.72. The lowest BCUT2D eigenvalue weighted by atomic mass is 9.82. The monoisotopic (exact) mass is 605 g/mol. The Morgan fingerprint density at radius 1 is 1.09 bits per heavy atom. The van der Waals surface area contributed by atoms with Crippen molar-refractivity contribution in [1.82, 2.24) is 4.90 Å². The third-order valence-corrected chi connectivity index (χ3v) is 9.28. The molecule has 2 aromatic rings. The molecule has 5 rings (SSSR count). The molecule has 3 aliphatic heterocycles. The second-order valence-corrected chi connectivity index (χ2v) is 12.3. The van der Waals surface area contributed by atoms with Crippen LogP contribution < -0.4 is 14.4 Å². The van der Waals surface area contributed by atoms with E-state index in [1.165, 1.54) is 6.07 Å². The molecule has 3 aliphatic rings. The van der Waals surface area contributed by atoms with Crippen LogP contribution in [0.5, 0.6) is 11.5 Å². The molecule has 1 unspecified atom stereocenters. The molecule has 0 saturated carbocycles. The standard InChI is InChI=1S/C35H44FN3O5/c1-4-6-26(7-5-2)39(27-10-11-29(36)23(3)18-27)33(40)21-38-20-28(25-9-13-31-32(19-25)44-22-43-31)34(35(41)42)30(38)12-8-24-14-16-37-17-15-24/h9-11,13-14,16-19,24,26,28,30,34H,4-8,12,15,20-22H2,1-3H3,(H,41,42)/t24?,28-,30+,34-/m1/s1. The van der Waals surface area contributed by atoms with E-state index in [9.17, 15) is 19.1 Å². The van der Waals surface area contributed by atoms with E-state index < -0.39 is 11.9 Å². The number of anilines is 1. The molecule has 0 radical (unpaired) electrons. The van der Waals surface area contributed by atoms with Crippen molar-refractivity contribution < 1.29 is 28.6 Å². The summed E-state index contributed by atoms with van der Waals surface area (Å²) in [4.78, 5) is 35.5. The van der Waals surface area contributed by atoms with Crippen molar-refractivity contribution in [3.05, 3.63) is 65.6 Å². The van der Waals surface area contributed by atoms with Gasteiger partial charge in [0, 0.05) is 42.6 Å². The maximum Gasteiger partial charge on any atom is 0.308 e. The van der Waals surface area contributed by atoms with E-state index in [1.54, 1.807) is 25.3 Å². The average molecular weight is 606 g/mol. The van der Waals surface area contributed by atoms with Crippen LogP contribution in [-0.2, 0) is 9.59 Å². The molecule has 3 heterocycles. The van der Waals surface area contributed by atoms with E-state index in [0.29, 0.717) is 35.7 Å². The van der Waals surface area contributed by atoms with Crippen LogP contribution in [0, 0.1) is 24.6 Å². The maximum atomic E-state index is 14.4. The van der Waals surface area contributed by atoms with Crippen molar-refractivity contribution in [2.75, 3.05) is 24.8 Å². The fourth-order valence-corrected chi connectivity index (χ4v) is 7.10. The summed E-state index contributed by atoms with van der Waals surface area (Å²) in [5.41, 5.74) is 2.04. The lowest BCUT2D eigenvalue weighted by molar-refractivity contribution is -0.143. The number of aryl methyl sites for hydroxylation is 1. The van der Waals surface area contributed by atoms with E-state index >= 15 is 0 Å². The lowest BCUT2D eigenvalue weighted by Crippen LogP contribution is -2.48. The first-order valence-corrected chi connectivity index (χ1v) is 15.9. The molecular weight excluding hydrogens is 561 g/mol. The molecule has 1 fully saturated rings. The van der Waals surface area contributed by atoms with Gasteiger partial charge in [0.1, 0.15) is 5.82 Å². The summed E-state index contributed by atoms with van der Waals surface area (Å²) in [5.74, 6) is -0.746. The van der Waals surface area contributed by atoms with Crippen LogP contribution >= 0.6 is 0 Å². The zero-order chi connectivity index (χ0) is 31.2. The molecule has 0 aliphatic carbocycles. The first kappa shape index (κ1) is 31.7. The molecule has 0 spiro atoms. The smallest absolute Gasteiger partial charge is 0.308 e. The van der Waals surface area contributed by atoms with Crippen LogP contribution in [0.4, 0.5) is 10.1 Å². The van der Waals surface area contributed by atoms with Crippen molar-refractivity contribution in [3.8, 4) is 11.5 Å². The number of likely N-dealkylation sites (tertiary alicyclic amines) is 1. The molecule has 4 atom stereocenters. The second-order valence-electron chi connectivity index (χ2n) is 12.3. The highest BCUT2D eigenvalue weighted by atomic mass is 19.1. The minimum absolute atomic E-state index is 0.0324. The number of amides is 1. The minimum atomic E-state index is -0.866. The van der Waals surface area contributed by atoms with Gasteiger partial charge in [-0.3, -0.25) is 19.5 Å². The number of fused-ring (bicyclic) bond motifs is 1. The summed E-state index contributed by atoms with van der Waals surface area (Å²) in [5, 5.41) is 10.6. The molecular formula is C35H44FN3O5. The Morgan fingerprint density at radius 3 is 2.55 bits per heavy atom. The molecule has 236 valence electrons. The summed E-state index contributed by atoms with van der Waals surface area (Å²) < 4.78 is 25.4. The number of aliphatic carboxylic acids is 1. The van der Waals surface area contributed by atoms with Crippen LogP contribution in [0.3, 0.4) is 0 Å². The molecule has 9 heteroatoms. The number of halogens is 1. The largest absolute Gasteiger partial charge is 0.481 e. The van der Waals surface area contributed by atoms with E-state index in [2.05, 4.69) is 29.8 Å². The second kappa shape index (κ2) is 14.4. The Morgan fingerprint density at radius 2 is 1.86 bits per heavy atom. The topological polar surface area (TPSA) is 91.7 Å². The van der Waals surface area contributed by atoms with E-state index in [0.717, 1.165) is 44.1 Å². The quantitative estimate of drug-likeness (QED) is 0.273. The van der Waals surface area contributed by atoms with Crippen LogP contribution in [-0.4, -0.2) is 60.1 Å². The number of allylic oxidation sites excluding steroid dienone is 1. The number of rotatable bonds is 13. The van der Waals surface area contributed by atoms with Crippen molar-refractivity contribution in [2.24, 2.45) is 16.8 Å². The number of nitrogens with zero attached hydrogens (tertiary/aromatic N) is 3. The van der Waals surface area contributed by atoms with Crippen LogP contribution in [0.25, 0.3) is 0 Å². The highest BCUT2D eigenvalue weighted by molar-refractivity contribution is 5.95. The minimum Gasteiger partial charge on any atom is -0.481 e. The Balaban J connectivity index is 1.47. The third kappa shape index (κ3) is 6.98. The van der Waals surface area contributed by atoms with Gasteiger partial charge in [-0.1, -0.05) is 38.8 Å². The fourth-order valence-electron chi connectivity index (χ4n) is 7.10. The molecule has 44 heavy (non-hydrogen) atoms. The van der Waals surface area contributed by atoms with E-state index in [1.807, 2.05) is 29.3 Å². The van der Waals surface area contributed by atoms with Crippen molar-refractivity contribution in [3.63, 3.8) is 0 Å². The zero-order valence-corrected chi connectivity index (χ0v) is 26.0. The average Bonchev–Trinajstić information content (AvgIpc) is 3.63. The van der Waals surface area contributed by atoms with Gasteiger partial charge in [0.2, 0.25) is 12.7 Å². The number of ether oxygens (including phenoxy) is 2. The molecule has 8 nitrogen and oxygen atoms in total. The van der Waals surface area contributed by atoms with Gasteiger partial charge in [-0.15, -0.1) is 0 Å². The van der Waals surface area contributed by atoms with Gasteiger partial charge in [0.25, 0.3) is 0 Å². The zero-order valence-electron chi connectivity index (χ0n) is 26.0. The number of benzene rings is 2. The predicted molar refractivity (Wildman–Crippen MR) is 169 cm³/mol. The molecule has 0 aromatic heterocycles. The van der Waals surface area contributed by atoms with Gasteiger partial charge in [-0.25, -0.2) is 4.39 Å². The SMILES string of the molecule is CCCC(CCC)N(C(=O)CN1C[C@H](c2ccc3c(c2)OCO3)[C@@H](C(=O)O)[C@@H]1CCC1C=CN=CC1)c1ccc(F)c(C)c1. The molecule has 2 aromatic carbocycles. The number of carboxylic acid groups (broad SMARTS) is 1. The van der Waals surface area contributed by atoms with Gasteiger partial charge >= 0.3 is 5.97 Å². The number of carboxylic acids is 1. The molecule has 1 saturated heterocycles. The van der Waals surface area contributed by atoms with Crippen LogP contribution in [0.15, 0.2) is 53.7 Å². The summed E-state index contributed by atoms with van der Waals surface area (Å²) in [7, 11) is 0. The molecule has 0 bridgehead atoms. The summed E-state index contributed by atoms with van der Waals surface area (Å²) >= 11 is 0. The van der Waals surface area contributed by atoms with Crippen molar-refractivity contribution >= 4 is 23.8 Å². The number of carbonyl (C=O) groups excluding carboxylic acids is 1. The summed E-state index contributed by atoms with van der Waals surface area (Å²) in [6.07, 6.45) is 11.5. The summed E-state index contributed by atoms with van der Waals surface area (Å²) in [6.45, 7) is 6.58. The van der Waals surface area contributed by atoms with Crippen molar-refractivity contribution in [1.29, 1.82) is 0 Å². The lowest BCUT2D eigenvalue weighted by Gasteiger charge is -2.35. The van der Waals surface area contributed by atoms with Crippen molar-refractivity contribution in [2.45, 2.75) is 83.7 Å². The maximum absolute atomic E-state index is 14.4. The van der Waals surface area contributed by atoms with Gasteiger partial charge in [0.05, 0.1) is 12.5 Å². The number of hydrogen-bond donors (Lipinski definition) is 1. The fraction of sp³-hybridized carbons (Fsp3) is 0.514. The number of carbonyl (C=O) groups is 2. The van der Waals surface area contributed by atoms with Gasteiger partial charge in [-0.05, 0) is 86.4 Å². The third-order valence-electron chi connectivity index (χ3n) is 9.28.